The summed E-state index contributed by atoms with van der Waals surface area (Å²) in [5.74, 6) is -0.254. The minimum absolute atomic E-state index is 0.232. The second-order valence-electron chi connectivity index (χ2n) is 3.50. The van der Waals surface area contributed by atoms with Crippen LogP contribution < -0.4 is 5.73 Å². The molecule has 0 aromatic heterocycles. The average molecular weight is 209 g/mol. The summed E-state index contributed by atoms with van der Waals surface area (Å²) >= 11 is 0. The topological polar surface area (TPSA) is 72.5 Å². The monoisotopic (exact) mass is 209 g/mol. The van der Waals surface area contributed by atoms with Crippen molar-refractivity contribution in [1.29, 1.82) is 0 Å². The van der Waals surface area contributed by atoms with Gasteiger partial charge < -0.3 is 15.6 Å². The van der Waals surface area contributed by atoms with E-state index in [1.165, 1.54) is 7.11 Å². The number of methoxy groups -OCH3 is 1. The van der Waals surface area contributed by atoms with Crippen molar-refractivity contribution < 1.29 is 14.6 Å². The predicted molar refractivity (Wildman–Crippen MR) is 56.5 cm³/mol. The lowest BCUT2D eigenvalue weighted by Crippen LogP contribution is -2.22. The van der Waals surface area contributed by atoms with Crippen LogP contribution in [0.2, 0.25) is 0 Å². The van der Waals surface area contributed by atoms with Crippen LogP contribution in [0.1, 0.15) is 22.7 Å². The summed E-state index contributed by atoms with van der Waals surface area (Å²) in [6, 6.07) is 2.57. The molecule has 0 spiro atoms. The molecule has 0 aliphatic carbocycles. The molecule has 0 saturated carbocycles. The molecule has 1 rings (SSSR count). The number of phenolic OH excluding ortho intramolecular Hbond substituents is 1. The molecule has 3 N–H and O–H groups in total. The molecule has 0 aliphatic heterocycles. The maximum absolute atomic E-state index is 11.2. The van der Waals surface area contributed by atoms with Gasteiger partial charge in [0.25, 0.3) is 0 Å². The van der Waals surface area contributed by atoms with Crippen LogP contribution in [-0.4, -0.2) is 18.2 Å². The van der Waals surface area contributed by atoms with Gasteiger partial charge in [-0.05, 0) is 30.5 Å². The van der Waals surface area contributed by atoms with Crippen LogP contribution in [0.3, 0.4) is 0 Å². The van der Waals surface area contributed by atoms with Crippen LogP contribution >= 0.6 is 0 Å². The highest BCUT2D eigenvalue weighted by atomic mass is 16.5. The quantitative estimate of drug-likeness (QED) is 0.717. The van der Waals surface area contributed by atoms with E-state index in [1.54, 1.807) is 26.0 Å². The number of carbonyl (C=O) groups excluding carboxylic acids is 1. The molecule has 15 heavy (non-hydrogen) atoms. The summed E-state index contributed by atoms with van der Waals surface area (Å²) in [5, 5.41) is 9.55. The van der Waals surface area contributed by atoms with Crippen molar-refractivity contribution in [2.24, 2.45) is 5.73 Å². The summed E-state index contributed by atoms with van der Waals surface area (Å²) < 4.78 is 4.55. The zero-order valence-corrected chi connectivity index (χ0v) is 9.07. The first-order valence-corrected chi connectivity index (χ1v) is 4.61. The molecule has 0 heterocycles. The van der Waals surface area contributed by atoms with E-state index in [2.05, 4.69) is 4.74 Å². The largest absolute Gasteiger partial charge is 0.507 e. The number of carbonyl (C=O) groups is 1. The van der Waals surface area contributed by atoms with Crippen LogP contribution in [0.4, 0.5) is 0 Å². The fourth-order valence-corrected chi connectivity index (χ4v) is 1.43. The first-order chi connectivity index (χ1) is 6.97. The zero-order chi connectivity index (χ0) is 11.6. The Bertz CT molecular complexity index is 364. The van der Waals surface area contributed by atoms with Crippen molar-refractivity contribution >= 4 is 5.97 Å². The average Bonchev–Trinajstić information content (AvgIpc) is 2.23. The summed E-state index contributed by atoms with van der Waals surface area (Å²) in [6.07, 6.45) is 0. The third kappa shape index (κ3) is 2.27. The van der Waals surface area contributed by atoms with Gasteiger partial charge in [-0.15, -0.1) is 0 Å². The number of phenols is 1. The molecule has 0 saturated heterocycles. The fourth-order valence-electron chi connectivity index (χ4n) is 1.43. The van der Waals surface area contributed by atoms with Gasteiger partial charge in [0.1, 0.15) is 11.8 Å². The summed E-state index contributed by atoms with van der Waals surface area (Å²) in [4.78, 5) is 11.2. The highest BCUT2D eigenvalue weighted by molar-refractivity contribution is 5.77. The van der Waals surface area contributed by atoms with E-state index in [9.17, 15) is 9.90 Å². The molecule has 0 radical (unpaired) electrons. The summed E-state index contributed by atoms with van der Waals surface area (Å²) in [6.45, 7) is 3.52. The highest BCUT2D eigenvalue weighted by Gasteiger charge is 2.17. The molecule has 0 fully saturated rings. The number of nitrogens with two attached hydrogens (primary N) is 1. The molecule has 1 unspecified atom stereocenters. The molecule has 1 aromatic rings. The number of ether oxygens (including phenoxy) is 1. The van der Waals surface area contributed by atoms with Crippen molar-refractivity contribution in [2.45, 2.75) is 19.9 Å². The van der Waals surface area contributed by atoms with Gasteiger partial charge in [0.15, 0.2) is 0 Å². The normalized spacial score (nSPS) is 12.3. The maximum atomic E-state index is 11.2. The van der Waals surface area contributed by atoms with Gasteiger partial charge in [0.2, 0.25) is 0 Å². The van der Waals surface area contributed by atoms with E-state index in [1.807, 2.05) is 0 Å². The molecule has 82 valence electrons. The van der Waals surface area contributed by atoms with Gasteiger partial charge in [-0.1, -0.05) is 12.1 Å². The minimum Gasteiger partial charge on any atom is -0.507 e. The lowest BCUT2D eigenvalue weighted by Gasteiger charge is -2.12. The Labute approximate surface area is 88.7 Å². The fraction of sp³-hybridized carbons (Fsp3) is 0.364. The molecular weight excluding hydrogens is 194 g/mol. The molecule has 1 aromatic carbocycles. The van der Waals surface area contributed by atoms with E-state index in [4.69, 9.17) is 5.73 Å². The second kappa shape index (κ2) is 4.31. The van der Waals surface area contributed by atoms with Gasteiger partial charge in [0, 0.05) is 0 Å². The Kier molecular flexibility index (Phi) is 3.31. The molecule has 4 heteroatoms. The third-order valence-corrected chi connectivity index (χ3v) is 2.33. The van der Waals surface area contributed by atoms with Crippen molar-refractivity contribution in [2.75, 3.05) is 7.11 Å². The molecule has 1 atom stereocenters. The van der Waals surface area contributed by atoms with Gasteiger partial charge in [-0.3, -0.25) is 4.79 Å². The molecule has 0 aliphatic rings. The SMILES string of the molecule is COC(=O)C(N)c1cc(C)c(O)c(C)c1. The van der Waals surface area contributed by atoms with Gasteiger partial charge in [0.05, 0.1) is 7.11 Å². The number of aryl methyl sites for hydroxylation is 2. The van der Waals surface area contributed by atoms with Crippen LogP contribution in [0.25, 0.3) is 0 Å². The number of rotatable bonds is 2. The number of benzene rings is 1. The van der Waals surface area contributed by atoms with E-state index in [0.29, 0.717) is 16.7 Å². The smallest absolute Gasteiger partial charge is 0.327 e. The zero-order valence-electron chi connectivity index (χ0n) is 9.07. The van der Waals surface area contributed by atoms with Crippen LogP contribution in [0.5, 0.6) is 5.75 Å². The molecular formula is C11H15NO3. The van der Waals surface area contributed by atoms with Crippen molar-refractivity contribution in [3.63, 3.8) is 0 Å². The molecule has 4 nitrogen and oxygen atoms in total. The Morgan fingerprint density at radius 3 is 2.27 bits per heavy atom. The number of hydrogen-bond donors (Lipinski definition) is 2. The summed E-state index contributed by atoms with van der Waals surface area (Å²) in [5.41, 5.74) is 7.73. The van der Waals surface area contributed by atoms with Gasteiger partial charge in [-0.25, -0.2) is 0 Å². The highest BCUT2D eigenvalue weighted by Crippen LogP contribution is 2.25. The Morgan fingerprint density at radius 2 is 1.87 bits per heavy atom. The predicted octanol–water partition coefficient (Wildman–Crippen LogP) is 1.18. The number of aromatic hydroxyl groups is 1. The molecule has 0 bridgehead atoms. The van der Waals surface area contributed by atoms with E-state index in [0.717, 1.165) is 0 Å². The first-order valence-electron chi connectivity index (χ1n) is 4.61. The minimum atomic E-state index is -0.798. The Hall–Kier alpha value is -1.55. The Balaban J connectivity index is 3.11. The van der Waals surface area contributed by atoms with Gasteiger partial charge in [-0.2, -0.15) is 0 Å². The van der Waals surface area contributed by atoms with Crippen molar-refractivity contribution in [3.05, 3.63) is 28.8 Å². The number of esters is 1. The van der Waals surface area contributed by atoms with E-state index in [-0.39, 0.29) is 5.75 Å². The van der Waals surface area contributed by atoms with Crippen LogP contribution in [0, 0.1) is 13.8 Å². The Morgan fingerprint density at radius 1 is 1.40 bits per heavy atom. The summed E-state index contributed by atoms with van der Waals surface area (Å²) in [7, 11) is 1.29. The van der Waals surface area contributed by atoms with Crippen LogP contribution in [0.15, 0.2) is 12.1 Å². The van der Waals surface area contributed by atoms with Gasteiger partial charge >= 0.3 is 5.97 Å². The second-order valence-corrected chi connectivity index (χ2v) is 3.50. The standard InChI is InChI=1S/C11H15NO3/c1-6-4-8(5-7(2)10(6)13)9(12)11(14)15-3/h4-5,9,13H,12H2,1-3H3. The lowest BCUT2D eigenvalue weighted by molar-refractivity contribution is -0.142. The van der Waals surface area contributed by atoms with Crippen LogP contribution in [-0.2, 0) is 9.53 Å². The molecule has 0 amide bonds. The lowest BCUT2D eigenvalue weighted by atomic mass is 10.0. The van der Waals surface area contributed by atoms with E-state index < -0.39 is 12.0 Å². The van der Waals surface area contributed by atoms with E-state index >= 15 is 0 Å². The van der Waals surface area contributed by atoms with Crippen molar-refractivity contribution in [1.82, 2.24) is 0 Å². The van der Waals surface area contributed by atoms with Crippen molar-refractivity contribution in [3.8, 4) is 5.75 Å². The first kappa shape index (κ1) is 11.5. The third-order valence-electron chi connectivity index (χ3n) is 2.33. The number of hydrogen-bond acceptors (Lipinski definition) is 4. The maximum Gasteiger partial charge on any atom is 0.327 e.